The van der Waals surface area contributed by atoms with Crippen LogP contribution in [0.25, 0.3) is 0 Å². The normalized spacial score (nSPS) is 11.9. The van der Waals surface area contributed by atoms with E-state index < -0.39 is 10.0 Å². The highest BCUT2D eigenvalue weighted by molar-refractivity contribution is 7.89. The van der Waals surface area contributed by atoms with Crippen LogP contribution in [0.2, 0.25) is 0 Å². The van der Waals surface area contributed by atoms with Crippen LogP contribution in [-0.2, 0) is 23.6 Å². The lowest BCUT2D eigenvalue weighted by molar-refractivity contribution is 0.588. The molecule has 0 saturated carbocycles. The predicted octanol–water partition coefficient (Wildman–Crippen LogP) is 0.433. The van der Waals surface area contributed by atoms with Crippen LogP contribution in [0.3, 0.4) is 0 Å². The monoisotopic (exact) mass is 245 g/mol. The highest BCUT2D eigenvalue weighted by Gasteiger charge is 2.14. The van der Waals surface area contributed by atoms with Crippen molar-refractivity contribution in [3.05, 3.63) is 18.0 Å². The first-order valence-electron chi connectivity index (χ1n) is 5.30. The quantitative estimate of drug-likeness (QED) is 0.715. The van der Waals surface area contributed by atoms with Crippen LogP contribution >= 0.6 is 0 Å². The fourth-order valence-electron chi connectivity index (χ4n) is 1.41. The van der Waals surface area contributed by atoms with E-state index in [-0.39, 0.29) is 0 Å². The van der Waals surface area contributed by atoms with E-state index in [4.69, 9.17) is 0 Å². The zero-order chi connectivity index (χ0) is 12.2. The molecule has 92 valence electrons. The molecular weight excluding hydrogens is 226 g/mol. The van der Waals surface area contributed by atoms with Crippen molar-refractivity contribution >= 4 is 10.0 Å². The SMILES string of the molecule is CCCNCc1cc(S(=O)(=O)NC)cn1C. The molecule has 0 amide bonds. The van der Waals surface area contributed by atoms with Gasteiger partial charge in [0.25, 0.3) is 0 Å². The number of aryl methyl sites for hydroxylation is 1. The first-order chi connectivity index (χ1) is 7.51. The standard InChI is InChI=1S/C10H19N3O2S/c1-4-5-12-7-9-6-10(8-13(9)3)16(14,15)11-2/h6,8,11-12H,4-5,7H2,1-3H3. The third-order valence-electron chi connectivity index (χ3n) is 2.39. The summed E-state index contributed by atoms with van der Waals surface area (Å²) in [7, 11) is -0.0702. The first kappa shape index (κ1) is 13.2. The minimum atomic E-state index is -3.33. The van der Waals surface area contributed by atoms with Gasteiger partial charge in [0, 0.05) is 25.5 Å². The Morgan fingerprint density at radius 3 is 2.69 bits per heavy atom. The topological polar surface area (TPSA) is 63.1 Å². The van der Waals surface area contributed by atoms with Gasteiger partial charge in [-0.25, -0.2) is 13.1 Å². The van der Waals surface area contributed by atoms with Gasteiger partial charge >= 0.3 is 0 Å². The Labute approximate surface area is 96.9 Å². The van der Waals surface area contributed by atoms with Crippen molar-refractivity contribution in [2.75, 3.05) is 13.6 Å². The van der Waals surface area contributed by atoms with Gasteiger partial charge in [-0.3, -0.25) is 0 Å². The molecule has 0 aliphatic heterocycles. The number of hydrogen-bond acceptors (Lipinski definition) is 3. The van der Waals surface area contributed by atoms with Gasteiger partial charge in [-0.1, -0.05) is 6.92 Å². The molecular formula is C10H19N3O2S. The van der Waals surface area contributed by atoms with Crippen LogP contribution in [0.4, 0.5) is 0 Å². The largest absolute Gasteiger partial charge is 0.352 e. The number of hydrogen-bond donors (Lipinski definition) is 2. The van der Waals surface area contributed by atoms with E-state index in [1.54, 1.807) is 12.3 Å². The fraction of sp³-hybridized carbons (Fsp3) is 0.600. The molecule has 1 heterocycles. The number of nitrogens with one attached hydrogen (secondary N) is 2. The number of aromatic nitrogens is 1. The number of nitrogens with zero attached hydrogens (tertiary/aromatic N) is 1. The third kappa shape index (κ3) is 3.07. The molecule has 0 fully saturated rings. The van der Waals surface area contributed by atoms with E-state index in [1.807, 2.05) is 11.6 Å². The molecule has 0 spiro atoms. The van der Waals surface area contributed by atoms with E-state index in [2.05, 4.69) is 17.0 Å². The molecule has 0 radical (unpaired) electrons. The van der Waals surface area contributed by atoms with Crippen molar-refractivity contribution < 1.29 is 8.42 Å². The highest BCUT2D eigenvalue weighted by atomic mass is 32.2. The molecule has 1 aromatic rings. The molecule has 0 bridgehead atoms. The van der Waals surface area contributed by atoms with Crippen molar-refractivity contribution in [2.45, 2.75) is 24.8 Å². The molecule has 0 saturated heterocycles. The Morgan fingerprint density at radius 2 is 2.12 bits per heavy atom. The molecule has 0 aromatic carbocycles. The lowest BCUT2D eigenvalue weighted by atomic mass is 10.4. The summed E-state index contributed by atoms with van der Waals surface area (Å²) in [6.45, 7) is 3.71. The molecule has 0 aliphatic rings. The van der Waals surface area contributed by atoms with Crippen molar-refractivity contribution in [2.24, 2.45) is 7.05 Å². The second-order valence-electron chi connectivity index (χ2n) is 3.66. The molecule has 0 atom stereocenters. The molecule has 5 nitrogen and oxygen atoms in total. The Hall–Kier alpha value is -0.850. The molecule has 0 aliphatic carbocycles. The van der Waals surface area contributed by atoms with Crippen molar-refractivity contribution in [1.29, 1.82) is 0 Å². The molecule has 0 unspecified atom stereocenters. The molecule has 16 heavy (non-hydrogen) atoms. The summed E-state index contributed by atoms with van der Waals surface area (Å²) < 4.78 is 27.2. The summed E-state index contributed by atoms with van der Waals surface area (Å²) in [5.74, 6) is 0. The van der Waals surface area contributed by atoms with Crippen LogP contribution < -0.4 is 10.0 Å². The maximum Gasteiger partial charge on any atom is 0.241 e. The number of sulfonamides is 1. The minimum Gasteiger partial charge on any atom is -0.352 e. The summed E-state index contributed by atoms with van der Waals surface area (Å²) >= 11 is 0. The first-order valence-corrected chi connectivity index (χ1v) is 6.79. The van der Waals surface area contributed by atoms with Gasteiger partial charge in [0.2, 0.25) is 10.0 Å². The van der Waals surface area contributed by atoms with E-state index >= 15 is 0 Å². The Kier molecular flexibility index (Phi) is 4.52. The lowest BCUT2D eigenvalue weighted by Crippen LogP contribution is -2.18. The summed E-state index contributed by atoms with van der Waals surface area (Å²) in [6.07, 6.45) is 2.68. The lowest BCUT2D eigenvalue weighted by Gasteiger charge is -2.03. The Bertz CT molecular complexity index is 437. The average molecular weight is 245 g/mol. The zero-order valence-electron chi connectivity index (χ0n) is 9.95. The Morgan fingerprint density at radius 1 is 1.44 bits per heavy atom. The average Bonchev–Trinajstić information content (AvgIpc) is 2.62. The summed E-state index contributed by atoms with van der Waals surface area (Å²) in [5, 5.41) is 3.24. The predicted molar refractivity (Wildman–Crippen MR) is 63.7 cm³/mol. The second-order valence-corrected chi connectivity index (χ2v) is 5.55. The van der Waals surface area contributed by atoms with E-state index in [0.717, 1.165) is 18.7 Å². The van der Waals surface area contributed by atoms with Crippen LogP contribution in [0.1, 0.15) is 19.0 Å². The van der Waals surface area contributed by atoms with Gasteiger partial charge in [-0.15, -0.1) is 0 Å². The minimum absolute atomic E-state index is 0.311. The smallest absolute Gasteiger partial charge is 0.241 e. The summed E-state index contributed by atoms with van der Waals surface area (Å²) in [5.41, 5.74) is 0.960. The summed E-state index contributed by atoms with van der Waals surface area (Å²) in [6, 6.07) is 1.69. The Balaban J connectivity index is 2.82. The van der Waals surface area contributed by atoms with Gasteiger partial charge in [0.1, 0.15) is 0 Å². The maximum atomic E-state index is 11.6. The van der Waals surface area contributed by atoms with Gasteiger partial charge < -0.3 is 9.88 Å². The molecule has 2 N–H and O–H groups in total. The fourth-order valence-corrected chi connectivity index (χ4v) is 2.23. The molecule has 1 aromatic heterocycles. The van der Waals surface area contributed by atoms with Gasteiger partial charge in [0.05, 0.1) is 4.90 Å². The van der Waals surface area contributed by atoms with Crippen molar-refractivity contribution in [3.63, 3.8) is 0 Å². The highest BCUT2D eigenvalue weighted by Crippen LogP contribution is 2.12. The maximum absolute atomic E-state index is 11.6. The van der Waals surface area contributed by atoms with E-state index in [1.165, 1.54) is 7.05 Å². The van der Waals surface area contributed by atoms with Gasteiger partial charge in [-0.05, 0) is 26.1 Å². The van der Waals surface area contributed by atoms with Crippen LogP contribution in [0.5, 0.6) is 0 Å². The van der Waals surface area contributed by atoms with Crippen LogP contribution in [0.15, 0.2) is 17.2 Å². The van der Waals surface area contributed by atoms with Gasteiger partial charge in [0.15, 0.2) is 0 Å². The zero-order valence-corrected chi connectivity index (χ0v) is 10.8. The molecule has 6 heteroatoms. The number of rotatable bonds is 6. The van der Waals surface area contributed by atoms with E-state index in [0.29, 0.717) is 11.4 Å². The van der Waals surface area contributed by atoms with Crippen LogP contribution in [-0.4, -0.2) is 26.6 Å². The summed E-state index contributed by atoms with van der Waals surface area (Å²) in [4.78, 5) is 0.311. The van der Waals surface area contributed by atoms with Crippen molar-refractivity contribution in [3.8, 4) is 0 Å². The third-order valence-corrected chi connectivity index (χ3v) is 3.78. The van der Waals surface area contributed by atoms with Crippen LogP contribution in [0, 0.1) is 0 Å². The van der Waals surface area contributed by atoms with Crippen molar-refractivity contribution in [1.82, 2.24) is 14.6 Å². The van der Waals surface area contributed by atoms with Gasteiger partial charge in [-0.2, -0.15) is 0 Å². The molecule has 1 rings (SSSR count). The second kappa shape index (κ2) is 5.47. The van der Waals surface area contributed by atoms with E-state index in [9.17, 15) is 8.42 Å².